The molecular weight excluding hydrogens is 534 g/mol. The minimum Gasteiger partial charge on any atom is -0.352 e. The molecule has 2 amide bonds. The quantitative estimate of drug-likeness (QED) is 0.331. The number of amides is 2. The van der Waals surface area contributed by atoms with Crippen molar-refractivity contribution in [2.45, 2.75) is 64.6 Å². The third-order valence-corrected chi connectivity index (χ3v) is 8.39. The summed E-state index contributed by atoms with van der Waals surface area (Å²) in [6.07, 6.45) is 0.354. The predicted molar refractivity (Wildman–Crippen MR) is 156 cm³/mol. The molecule has 0 saturated heterocycles. The van der Waals surface area contributed by atoms with Crippen LogP contribution in [0.2, 0.25) is 5.02 Å². The predicted octanol–water partition coefficient (Wildman–Crippen LogP) is 5.48. The maximum absolute atomic E-state index is 14.0. The number of hydrogen-bond donors (Lipinski definition) is 1. The van der Waals surface area contributed by atoms with Crippen molar-refractivity contribution in [1.29, 1.82) is 0 Å². The second kappa shape index (κ2) is 13.1. The molecule has 208 valence electrons. The number of para-hydroxylation sites is 1. The molecule has 1 atom stereocenters. The van der Waals surface area contributed by atoms with Crippen LogP contribution in [0.4, 0.5) is 5.69 Å². The molecule has 0 aliphatic heterocycles. The van der Waals surface area contributed by atoms with Crippen molar-refractivity contribution >= 4 is 39.1 Å². The monoisotopic (exact) mass is 569 g/mol. The molecule has 0 aliphatic rings. The van der Waals surface area contributed by atoms with Gasteiger partial charge in [-0.05, 0) is 63.9 Å². The fraction of sp³-hybridized carbons (Fsp3) is 0.333. The van der Waals surface area contributed by atoms with E-state index in [4.69, 9.17) is 11.6 Å². The van der Waals surface area contributed by atoms with E-state index in [0.717, 1.165) is 21.0 Å². The van der Waals surface area contributed by atoms with E-state index in [9.17, 15) is 18.0 Å². The lowest BCUT2D eigenvalue weighted by atomic mass is 10.1. The van der Waals surface area contributed by atoms with Gasteiger partial charge in [0.05, 0.1) is 15.6 Å². The van der Waals surface area contributed by atoms with Crippen molar-refractivity contribution in [2.75, 3.05) is 10.8 Å². The average Bonchev–Trinajstić information content (AvgIpc) is 2.88. The number of benzene rings is 3. The fourth-order valence-electron chi connectivity index (χ4n) is 4.20. The topological polar surface area (TPSA) is 86.8 Å². The van der Waals surface area contributed by atoms with Crippen LogP contribution in [0.15, 0.2) is 77.7 Å². The van der Waals surface area contributed by atoms with Gasteiger partial charge in [0.25, 0.3) is 10.0 Å². The third-order valence-electron chi connectivity index (χ3n) is 6.30. The van der Waals surface area contributed by atoms with Crippen molar-refractivity contribution in [3.05, 3.63) is 94.5 Å². The van der Waals surface area contributed by atoms with Gasteiger partial charge in [-0.2, -0.15) is 0 Å². The smallest absolute Gasteiger partial charge is 0.264 e. The second-order valence-electron chi connectivity index (χ2n) is 9.87. The van der Waals surface area contributed by atoms with E-state index in [1.807, 2.05) is 58.9 Å². The summed E-state index contributed by atoms with van der Waals surface area (Å²) >= 11 is 6.45. The Morgan fingerprint density at radius 3 is 2.00 bits per heavy atom. The zero-order valence-corrected chi connectivity index (χ0v) is 24.6. The molecule has 0 fully saturated rings. The third kappa shape index (κ3) is 7.61. The van der Waals surface area contributed by atoms with Crippen molar-refractivity contribution in [3.8, 4) is 0 Å². The molecule has 0 heterocycles. The van der Waals surface area contributed by atoms with Gasteiger partial charge in [0.15, 0.2) is 0 Å². The molecule has 39 heavy (non-hydrogen) atoms. The Kier molecular flexibility index (Phi) is 10.2. The standard InChI is InChI=1S/C30H36ClN3O4S/c1-6-27(30(36)32-21(2)3)33(19-24-15-11-22(4)12-16-24)29(35)20-34(28-10-8-7-9-26(28)31)39(37,38)25-17-13-23(5)14-18-25/h7-18,21,27H,6,19-20H2,1-5H3,(H,32,36). The fourth-order valence-corrected chi connectivity index (χ4v) is 5.92. The number of anilines is 1. The van der Waals surface area contributed by atoms with Crippen LogP contribution in [0.25, 0.3) is 0 Å². The van der Waals surface area contributed by atoms with Gasteiger partial charge in [-0.1, -0.05) is 78.2 Å². The summed E-state index contributed by atoms with van der Waals surface area (Å²) in [5.41, 5.74) is 2.98. The summed E-state index contributed by atoms with van der Waals surface area (Å²) in [6.45, 7) is 8.97. The van der Waals surface area contributed by atoms with E-state index in [0.29, 0.717) is 6.42 Å². The number of halogens is 1. The molecule has 0 saturated carbocycles. The van der Waals surface area contributed by atoms with Crippen LogP contribution in [0.5, 0.6) is 0 Å². The van der Waals surface area contributed by atoms with Crippen molar-refractivity contribution in [1.82, 2.24) is 10.2 Å². The van der Waals surface area contributed by atoms with E-state index in [1.165, 1.54) is 17.0 Å². The molecule has 7 nitrogen and oxygen atoms in total. The number of hydrogen-bond acceptors (Lipinski definition) is 4. The number of carbonyl (C=O) groups excluding carboxylic acids is 2. The van der Waals surface area contributed by atoms with Gasteiger partial charge in [0.2, 0.25) is 11.8 Å². The normalized spacial score (nSPS) is 12.2. The molecule has 0 bridgehead atoms. The Morgan fingerprint density at radius 2 is 1.46 bits per heavy atom. The van der Waals surface area contributed by atoms with E-state index >= 15 is 0 Å². The summed E-state index contributed by atoms with van der Waals surface area (Å²) < 4.78 is 28.8. The van der Waals surface area contributed by atoms with Crippen LogP contribution < -0.4 is 9.62 Å². The molecule has 1 unspecified atom stereocenters. The van der Waals surface area contributed by atoms with E-state index in [2.05, 4.69) is 5.32 Å². The van der Waals surface area contributed by atoms with Crippen molar-refractivity contribution in [2.24, 2.45) is 0 Å². The van der Waals surface area contributed by atoms with Crippen molar-refractivity contribution < 1.29 is 18.0 Å². The lowest BCUT2D eigenvalue weighted by Gasteiger charge is -2.33. The van der Waals surface area contributed by atoms with E-state index < -0.39 is 28.5 Å². The lowest BCUT2D eigenvalue weighted by Crippen LogP contribution is -2.53. The van der Waals surface area contributed by atoms with Gasteiger partial charge in [-0.25, -0.2) is 8.42 Å². The van der Waals surface area contributed by atoms with Gasteiger partial charge < -0.3 is 10.2 Å². The van der Waals surface area contributed by atoms with Gasteiger partial charge in [0, 0.05) is 12.6 Å². The average molecular weight is 570 g/mol. The molecule has 1 N–H and O–H groups in total. The highest BCUT2D eigenvalue weighted by molar-refractivity contribution is 7.92. The highest BCUT2D eigenvalue weighted by Crippen LogP contribution is 2.31. The number of aryl methyl sites for hydroxylation is 2. The summed E-state index contributed by atoms with van der Waals surface area (Å²) in [7, 11) is -4.17. The zero-order chi connectivity index (χ0) is 28.7. The maximum Gasteiger partial charge on any atom is 0.264 e. The highest BCUT2D eigenvalue weighted by atomic mass is 35.5. The van der Waals surface area contributed by atoms with Gasteiger partial charge in [0.1, 0.15) is 12.6 Å². The van der Waals surface area contributed by atoms with Crippen LogP contribution >= 0.6 is 11.6 Å². The van der Waals surface area contributed by atoms with Gasteiger partial charge >= 0.3 is 0 Å². The number of carbonyl (C=O) groups is 2. The first kappa shape index (κ1) is 30.2. The van der Waals surface area contributed by atoms with Crippen LogP contribution in [0.1, 0.15) is 43.9 Å². The largest absolute Gasteiger partial charge is 0.352 e. The second-order valence-corrected chi connectivity index (χ2v) is 12.1. The Hall–Kier alpha value is -3.36. The summed E-state index contributed by atoms with van der Waals surface area (Å²) in [5.74, 6) is -0.810. The molecule has 0 aliphatic carbocycles. The Morgan fingerprint density at radius 1 is 0.897 bits per heavy atom. The Balaban J connectivity index is 2.07. The van der Waals surface area contributed by atoms with Gasteiger partial charge in [-0.15, -0.1) is 0 Å². The Bertz CT molecular complexity index is 1390. The van der Waals surface area contributed by atoms with Crippen LogP contribution in [0.3, 0.4) is 0 Å². The number of rotatable bonds is 11. The SMILES string of the molecule is CCC(C(=O)NC(C)C)N(Cc1ccc(C)cc1)C(=O)CN(c1ccccc1Cl)S(=O)(=O)c1ccc(C)cc1. The lowest BCUT2D eigenvalue weighted by molar-refractivity contribution is -0.140. The summed E-state index contributed by atoms with van der Waals surface area (Å²) in [4.78, 5) is 28.7. The first-order chi connectivity index (χ1) is 18.4. The minimum atomic E-state index is -4.17. The van der Waals surface area contributed by atoms with Crippen LogP contribution in [0, 0.1) is 13.8 Å². The molecule has 3 rings (SSSR count). The summed E-state index contributed by atoms with van der Waals surface area (Å²) in [6, 6.07) is 19.7. The number of nitrogens with one attached hydrogen (secondary N) is 1. The molecule has 0 radical (unpaired) electrons. The minimum absolute atomic E-state index is 0.0375. The molecule has 3 aromatic rings. The Labute approximate surface area is 236 Å². The molecule has 9 heteroatoms. The first-order valence-corrected chi connectivity index (χ1v) is 14.7. The molecule has 0 aromatic heterocycles. The van der Waals surface area contributed by atoms with Crippen molar-refractivity contribution in [3.63, 3.8) is 0 Å². The van der Waals surface area contributed by atoms with E-state index in [1.54, 1.807) is 36.4 Å². The van der Waals surface area contributed by atoms with Gasteiger partial charge in [-0.3, -0.25) is 13.9 Å². The number of sulfonamides is 1. The van der Waals surface area contributed by atoms with E-state index in [-0.39, 0.29) is 34.1 Å². The molecule has 3 aromatic carbocycles. The zero-order valence-electron chi connectivity index (χ0n) is 23.0. The molecular formula is C30H36ClN3O4S. The molecule has 0 spiro atoms. The van der Waals surface area contributed by atoms with Crippen LogP contribution in [-0.2, 0) is 26.2 Å². The highest BCUT2D eigenvalue weighted by Gasteiger charge is 2.34. The maximum atomic E-state index is 14.0. The first-order valence-electron chi connectivity index (χ1n) is 12.9. The summed E-state index contributed by atoms with van der Waals surface area (Å²) in [5, 5.41) is 3.08. The van der Waals surface area contributed by atoms with Crippen LogP contribution in [-0.4, -0.2) is 43.8 Å². The number of nitrogens with zero attached hydrogens (tertiary/aromatic N) is 2.